The van der Waals surface area contributed by atoms with Crippen LogP contribution in [0.15, 0.2) is 30.3 Å². The fourth-order valence-electron chi connectivity index (χ4n) is 1.80. The van der Waals surface area contributed by atoms with Gasteiger partial charge in [-0.3, -0.25) is 0 Å². The van der Waals surface area contributed by atoms with E-state index in [0.29, 0.717) is 19.7 Å². The molecule has 0 aliphatic carbocycles. The molecule has 1 heterocycles. The van der Waals surface area contributed by atoms with Crippen molar-refractivity contribution in [1.82, 2.24) is 4.31 Å². The van der Waals surface area contributed by atoms with E-state index in [1.165, 1.54) is 10.6 Å². The number of nitrogens with zero attached hydrogens (tertiary/aromatic N) is 1. The van der Waals surface area contributed by atoms with Crippen molar-refractivity contribution in [2.75, 3.05) is 26.0 Å². The normalized spacial score (nSPS) is 23.2. The van der Waals surface area contributed by atoms with Gasteiger partial charge < -0.3 is 4.74 Å². The molecule has 0 bridgehead atoms. The van der Waals surface area contributed by atoms with Crippen LogP contribution < -0.4 is 0 Å². The summed E-state index contributed by atoms with van der Waals surface area (Å²) in [5.74, 6) is 0. The number of ether oxygens (including phenoxy) is 1. The number of hydrogen-bond acceptors (Lipinski definition) is 3. The van der Waals surface area contributed by atoms with Gasteiger partial charge in [-0.25, -0.2) is 8.42 Å². The monoisotopic (exact) mass is 241 g/mol. The average molecular weight is 241 g/mol. The minimum Gasteiger partial charge on any atom is -0.371 e. The van der Waals surface area contributed by atoms with Gasteiger partial charge in [0.25, 0.3) is 0 Å². The lowest BCUT2D eigenvalue weighted by atomic mass is 10.1. The summed E-state index contributed by atoms with van der Waals surface area (Å²) < 4.78 is 29.9. The molecule has 1 atom stereocenters. The van der Waals surface area contributed by atoms with E-state index >= 15 is 0 Å². The minimum atomic E-state index is -3.11. The van der Waals surface area contributed by atoms with Crippen LogP contribution in [0.3, 0.4) is 0 Å². The molecule has 5 heteroatoms. The summed E-state index contributed by atoms with van der Waals surface area (Å²) in [5.41, 5.74) is 1.02. The van der Waals surface area contributed by atoms with Gasteiger partial charge in [0.15, 0.2) is 0 Å². The second-order valence-electron chi connectivity index (χ2n) is 3.89. The Morgan fingerprint density at radius 3 is 2.62 bits per heavy atom. The second-order valence-corrected chi connectivity index (χ2v) is 5.87. The molecule has 1 fully saturated rings. The Morgan fingerprint density at radius 2 is 2.00 bits per heavy atom. The van der Waals surface area contributed by atoms with Crippen molar-refractivity contribution in [2.45, 2.75) is 6.10 Å². The van der Waals surface area contributed by atoms with Crippen LogP contribution in [0.4, 0.5) is 0 Å². The number of benzene rings is 1. The molecule has 4 nitrogen and oxygen atoms in total. The van der Waals surface area contributed by atoms with Crippen LogP contribution in [0, 0.1) is 0 Å². The molecule has 0 spiro atoms. The molecule has 1 aliphatic heterocycles. The maximum Gasteiger partial charge on any atom is 0.211 e. The maximum atomic E-state index is 11.4. The summed E-state index contributed by atoms with van der Waals surface area (Å²) in [6.45, 7) is 1.30. The zero-order chi connectivity index (χ0) is 11.6. The second kappa shape index (κ2) is 4.53. The first-order valence-corrected chi connectivity index (χ1v) is 7.04. The van der Waals surface area contributed by atoms with Crippen molar-refractivity contribution in [3.63, 3.8) is 0 Å². The Hall–Kier alpha value is -0.910. The molecule has 0 radical (unpaired) electrons. The van der Waals surface area contributed by atoms with Crippen LogP contribution >= 0.6 is 0 Å². The molecular weight excluding hydrogens is 226 g/mol. The summed E-state index contributed by atoms with van der Waals surface area (Å²) in [6.07, 6.45) is 1.09. The van der Waals surface area contributed by atoms with Gasteiger partial charge in [0.1, 0.15) is 0 Å². The van der Waals surface area contributed by atoms with Gasteiger partial charge in [-0.1, -0.05) is 30.3 Å². The Morgan fingerprint density at radius 1 is 1.31 bits per heavy atom. The molecule has 0 N–H and O–H groups in total. The van der Waals surface area contributed by atoms with Crippen molar-refractivity contribution >= 4 is 10.0 Å². The summed E-state index contributed by atoms with van der Waals surface area (Å²) in [4.78, 5) is 0. The maximum absolute atomic E-state index is 11.4. The van der Waals surface area contributed by atoms with Crippen molar-refractivity contribution in [1.29, 1.82) is 0 Å². The zero-order valence-corrected chi connectivity index (χ0v) is 9.98. The predicted molar refractivity (Wildman–Crippen MR) is 61.6 cm³/mol. The van der Waals surface area contributed by atoms with Gasteiger partial charge in [-0.15, -0.1) is 0 Å². The molecule has 1 saturated heterocycles. The van der Waals surface area contributed by atoms with E-state index < -0.39 is 10.0 Å². The topological polar surface area (TPSA) is 46.6 Å². The van der Waals surface area contributed by atoms with Gasteiger partial charge in [0.2, 0.25) is 10.0 Å². The predicted octanol–water partition coefficient (Wildman–Crippen LogP) is 1.02. The third-order valence-corrected chi connectivity index (χ3v) is 3.94. The van der Waals surface area contributed by atoms with E-state index in [4.69, 9.17) is 4.74 Å². The third kappa shape index (κ3) is 2.61. The lowest BCUT2D eigenvalue weighted by Crippen LogP contribution is -2.41. The highest BCUT2D eigenvalue weighted by molar-refractivity contribution is 7.88. The Balaban J connectivity index is 2.14. The van der Waals surface area contributed by atoms with Crippen molar-refractivity contribution in [2.24, 2.45) is 0 Å². The first-order valence-electron chi connectivity index (χ1n) is 5.19. The first kappa shape index (κ1) is 11.6. The van der Waals surface area contributed by atoms with Crippen LogP contribution in [0.25, 0.3) is 0 Å². The molecule has 0 amide bonds. The fourth-order valence-corrected chi connectivity index (χ4v) is 2.61. The molecular formula is C11H15NO3S. The summed E-state index contributed by atoms with van der Waals surface area (Å²) in [7, 11) is -3.11. The van der Waals surface area contributed by atoms with Crippen LogP contribution in [0.5, 0.6) is 0 Å². The van der Waals surface area contributed by atoms with Crippen LogP contribution in [0.1, 0.15) is 11.7 Å². The molecule has 0 saturated carbocycles. The number of morpholine rings is 1. The van der Waals surface area contributed by atoms with Gasteiger partial charge in [0.05, 0.1) is 19.0 Å². The standard InChI is InChI=1S/C11H15NO3S/c1-16(13,14)12-7-8-15-11(9-12)10-5-3-2-4-6-10/h2-6,11H,7-9H2,1H3/t11-/m0/s1. The zero-order valence-electron chi connectivity index (χ0n) is 9.17. The van der Waals surface area contributed by atoms with E-state index in [1.807, 2.05) is 30.3 Å². The highest BCUT2D eigenvalue weighted by Crippen LogP contribution is 2.22. The van der Waals surface area contributed by atoms with Gasteiger partial charge in [-0.05, 0) is 5.56 Å². The largest absolute Gasteiger partial charge is 0.371 e. The van der Waals surface area contributed by atoms with Crippen molar-refractivity contribution in [3.05, 3.63) is 35.9 Å². The van der Waals surface area contributed by atoms with E-state index in [0.717, 1.165) is 5.56 Å². The Labute approximate surface area is 95.9 Å². The Bertz CT molecular complexity index is 444. The molecule has 1 aliphatic rings. The highest BCUT2D eigenvalue weighted by Gasteiger charge is 2.27. The van der Waals surface area contributed by atoms with E-state index in [1.54, 1.807) is 0 Å². The molecule has 16 heavy (non-hydrogen) atoms. The molecule has 1 aromatic carbocycles. The van der Waals surface area contributed by atoms with Crippen LogP contribution in [-0.4, -0.2) is 38.7 Å². The number of rotatable bonds is 2. The minimum absolute atomic E-state index is 0.148. The molecule has 0 unspecified atom stereocenters. The lowest BCUT2D eigenvalue weighted by Gasteiger charge is -2.31. The first-order chi connectivity index (χ1) is 7.57. The van der Waals surface area contributed by atoms with E-state index in [9.17, 15) is 8.42 Å². The van der Waals surface area contributed by atoms with E-state index in [-0.39, 0.29) is 6.10 Å². The lowest BCUT2D eigenvalue weighted by molar-refractivity contribution is -0.00234. The molecule has 2 rings (SSSR count). The SMILES string of the molecule is CS(=O)(=O)N1CCO[C@H](c2ccccc2)C1. The average Bonchev–Trinajstić information content (AvgIpc) is 2.29. The molecule has 88 valence electrons. The fraction of sp³-hybridized carbons (Fsp3) is 0.455. The third-order valence-electron chi connectivity index (χ3n) is 2.67. The van der Waals surface area contributed by atoms with Gasteiger partial charge in [-0.2, -0.15) is 4.31 Å². The summed E-state index contributed by atoms with van der Waals surface area (Å²) in [5, 5.41) is 0. The van der Waals surface area contributed by atoms with Crippen molar-refractivity contribution < 1.29 is 13.2 Å². The van der Waals surface area contributed by atoms with E-state index in [2.05, 4.69) is 0 Å². The van der Waals surface area contributed by atoms with Gasteiger partial charge >= 0.3 is 0 Å². The van der Waals surface area contributed by atoms with Crippen LogP contribution in [-0.2, 0) is 14.8 Å². The summed E-state index contributed by atoms with van der Waals surface area (Å²) >= 11 is 0. The van der Waals surface area contributed by atoms with Crippen molar-refractivity contribution in [3.8, 4) is 0 Å². The quantitative estimate of drug-likeness (QED) is 0.776. The molecule has 0 aromatic heterocycles. The highest BCUT2D eigenvalue weighted by atomic mass is 32.2. The Kier molecular flexibility index (Phi) is 3.28. The van der Waals surface area contributed by atoms with Crippen LogP contribution in [0.2, 0.25) is 0 Å². The number of sulfonamides is 1. The number of hydrogen-bond donors (Lipinski definition) is 0. The smallest absolute Gasteiger partial charge is 0.211 e. The summed E-state index contributed by atoms with van der Waals surface area (Å²) in [6, 6.07) is 9.70. The molecule has 1 aromatic rings. The van der Waals surface area contributed by atoms with Gasteiger partial charge in [0, 0.05) is 13.1 Å².